The number of hydrogen-bond acceptors (Lipinski definition) is 1. The van der Waals surface area contributed by atoms with Gasteiger partial charge in [0.25, 0.3) is 0 Å². The number of halogens is 2. The SMILES string of the molecule is FC1CCNc2cccc(Cl)c2C1. The Kier molecular flexibility index (Phi) is 2.40. The van der Waals surface area contributed by atoms with Crippen LogP contribution in [-0.4, -0.2) is 12.7 Å². The van der Waals surface area contributed by atoms with E-state index in [0.29, 0.717) is 24.4 Å². The average molecular weight is 200 g/mol. The minimum Gasteiger partial charge on any atom is -0.385 e. The molecule has 1 nitrogen and oxygen atoms in total. The fourth-order valence-electron chi connectivity index (χ4n) is 1.62. The first-order valence-electron chi connectivity index (χ1n) is 4.42. The van der Waals surface area contributed by atoms with Gasteiger partial charge in [0.2, 0.25) is 0 Å². The second-order valence-corrected chi connectivity index (χ2v) is 3.69. The molecule has 0 saturated carbocycles. The van der Waals surface area contributed by atoms with Gasteiger partial charge in [0.15, 0.2) is 0 Å². The van der Waals surface area contributed by atoms with Crippen molar-refractivity contribution in [2.75, 3.05) is 11.9 Å². The molecule has 0 spiro atoms. The highest BCUT2D eigenvalue weighted by atomic mass is 35.5. The molecule has 0 aromatic heterocycles. The van der Waals surface area contributed by atoms with Crippen molar-refractivity contribution in [3.8, 4) is 0 Å². The summed E-state index contributed by atoms with van der Waals surface area (Å²) >= 11 is 5.97. The van der Waals surface area contributed by atoms with Gasteiger partial charge in [-0.3, -0.25) is 0 Å². The van der Waals surface area contributed by atoms with Crippen molar-refractivity contribution in [1.82, 2.24) is 0 Å². The van der Waals surface area contributed by atoms with Gasteiger partial charge in [-0.15, -0.1) is 0 Å². The lowest BCUT2D eigenvalue weighted by atomic mass is 10.1. The number of benzene rings is 1. The standard InChI is InChI=1S/C10H11ClFN/c11-9-2-1-3-10-8(9)6-7(12)4-5-13-10/h1-3,7,13H,4-6H2. The normalized spacial score (nSPS) is 21.5. The largest absolute Gasteiger partial charge is 0.385 e. The van der Waals surface area contributed by atoms with Gasteiger partial charge in [-0.1, -0.05) is 17.7 Å². The van der Waals surface area contributed by atoms with Crippen LogP contribution in [0.3, 0.4) is 0 Å². The fraction of sp³-hybridized carbons (Fsp3) is 0.400. The van der Waals surface area contributed by atoms with Crippen molar-refractivity contribution in [2.24, 2.45) is 0 Å². The molecule has 1 aromatic rings. The fourth-order valence-corrected chi connectivity index (χ4v) is 1.87. The van der Waals surface area contributed by atoms with Gasteiger partial charge in [-0.05, 0) is 24.1 Å². The van der Waals surface area contributed by atoms with Gasteiger partial charge in [-0.25, -0.2) is 4.39 Å². The summed E-state index contributed by atoms with van der Waals surface area (Å²) in [6.07, 6.45) is 0.223. The van der Waals surface area contributed by atoms with Gasteiger partial charge < -0.3 is 5.32 Å². The molecule has 3 heteroatoms. The Labute approximate surface area is 81.9 Å². The summed E-state index contributed by atoms with van der Waals surface area (Å²) in [5.74, 6) is 0. The number of fused-ring (bicyclic) bond motifs is 1. The van der Waals surface area contributed by atoms with Crippen LogP contribution in [0.15, 0.2) is 18.2 Å². The van der Waals surface area contributed by atoms with Crippen LogP contribution in [0.5, 0.6) is 0 Å². The van der Waals surface area contributed by atoms with Crippen molar-refractivity contribution in [3.05, 3.63) is 28.8 Å². The molecule has 0 amide bonds. The van der Waals surface area contributed by atoms with E-state index in [9.17, 15) is 4.39 Å². The molecule has 1 N–H and O–H groups in total. The van der Waals surface area contributed by atoms with E-state index in [0.717, 1.165) is 11.3 Å². The molecule has 0 fully saturated rings. The van der Waals surface area contributed by atoms with E-state index in [1.807, 2.05) is 12.1 Å². The first-order chi connectivity index (χ1) is 6.27. The highest BCUT2D eigenvalue weighted by Gasteiger charge is 2.17. The average Bonchev–Trinajstić information content (AvgIpc) is 2.28. The molecule has 1 aliphatic heterocycles. The summed E-state index contributed by atoms with van der Waals surface area (Å²) in [5.41, 5.74) is 1.89. The van der Waals surface area contributed by atoms with Crippen molar-refractivity contribution < 1.29 is 4.39 Å². The Balaban J connectivity index is 2.40. The number of anilines is 1. The Morgan fingerprint density at radius 3 is 3.15 bits per heavy atom. The third kappa shape index (κ3) is 1.78. The zero-order valence-corrected chi connectivity index (χ0v) is 7.94. The lowest BCUT2D eigenvalue weighted by Crippen LogP contribution is -2.05. The van der Waals surface area contributed by atoms with Gasteiger partial charge in [0.05, 0.1) is 0 Å². The molecule has 1 heterocycles. The monoisotopic (exact) mass is 199 g/mol. The van der Waals surface area contributed by atoms with E-state index in [-0.39, 0.29) is 0 Å². The molecule has 1 aromatic carbocycles. The lowest BCUT2D eigenvalue weighted by Gasteiger charge is -2.08. The van der Waals surface area contributed by atoms with E-state index in [1.54, 1.807) is 6.07 Å². The zero-order valence-electron chi connectivity index (χ0n) is 7.19. The highest BCUT2D eigenvalue weighted by Crippen LogP contribution is 2.28. The molecule has 0 radical (unpaired) electrons. The van der Waals surface area contributed by atoms with Crippen LogP contribution in [0.2, 0.25) is 5.02 Å². The summed E-state index contributed by atoms with van der Waals surface area (Å²) in [4.78, 5) is 0. The maximum atomic E-state index is 13.2. The third-order valence-corrected chi connectivity index (χ3v) is 2.67. The van der Waals surface area contributed by atoms with E-state index >= 15 is 0 Å². The predicted octanol–water partition coefficient (Wildman–Crippen LogP) is 3.04. The second kappa shape index (κ2) is 3.54. The summed E-state index contributed by atoms with van der Waals surface area (Å²) in [6, 6.07) is 5.63. The highest BCUT2D eigenvalue weighted by molar-refractivity contribution is 6.31. The van der Waals surface area contributed by atoms with E-state index in [2.05, 4.69) is 5.32 Å². The molecule has 1 aliphatic rings. The van der Waals surface area contributed by atoms with E-state index < -0.39 is 6.17 Å². The Bertz CT molecular complexity index is 314. The van der Waals surface area contributed by atoms with Crippen molar-refractivity contribution >= 4 is 17.3 Å². The second-order valence-electron chi connectivity index (χ2n) is 3.28. The Hall–Kier alpha value is -0.760. The first kappa shape index (κ1) is 8.82. The molecular formula is C10H11ClFN. The van der Waals surface area contributed by atoms with Crippen LogP contribution in [0.25, 0.3) is 0 Å². The molecule has 1 unspecified atom stereocenters. The summed E-state index contributed by atoms with van der Waals surface area (Å²) < 4.78 is 13.2. The minimum absolute atomic E-state index is 0.433. The molecule has 2 rings (SSSR count). The third-order valence-electron chi connectivity index (χ3n) is 2.32. The Morgan fingerprint density at radius 2 is 2.31 bits per heavy atom. The molecule has 1 atom stereocenters. The van der Waals surface area contributed by atoms with Crippen molar-refractivity contribution in [2.45, 2.75) is 19.0 Å². The quantitative estimate of drug-likeness (QED) is 0.677. The van der Waals surface area contributed by atoms with Crippen LogP contribution in [0.1, 0.15) is 12.0 Å². The maximum Gasteiger partial charge on any atom is 0.106 e. The molecule has 0 saturated heterocycles. The molecule has 0 bridgehead atoms. The topological polar surface area (TPSA) is 12.0 Å². The van der Waals surface area contributed by atoms with E-state index in [1.165, 1.54) is 0 Å². The number of rotatable bonds is 0. The van der Waals surface area contributed by atoms with Gasteiger partial charge in [-0.2, -0.15) is 0 Å². The molecular weight excluding hydrogens is 189 g/mol. The number of hydrogen-bond donors (Lipinski definition) is 1. The molecule has 70 valence electrons. The minimum atomic E-state index is -0.770. The first-order valence-corrected chi connectivity index (χ1v) is 4.80. The molecule has 13 heavy (non-hydrogen) atoms. The van der Waals surface area contributed by atoms with Crippen LogP contribution >= 0.6 is 11.6 Å². The number of nitrogens with one attached hydrogen (secondary N) is 1. The lowest BCUT2D eigenvalue weighted by molar-refractivity contribution is 0.323. The van der Waals surface area contributed by atoms with Crippen molar-refractivity contribution in [3.63, 3.8) is 0 Å². The van der Waals surface area contributed by atoms with Crippen LogP contribution in [0, 0.1) is 0 Å². The summed E-state index contributed by atoms with van der Waals surface area (Å²) in [5, 5.41) is 3.83. The van der Waals surface area contributed by atoms with Crippen LogP contribution in [-0.2, 0) is 6.42 Å². The predicted molar refractivity (Wildman–Crippen MR) is 53.2 cm³/mol. The van der Waals surface area contributed by atoms with Crippen LogP contribution in [0.4, 0.5) is 10.1 Å². The smallest absolute Gasteiger partial charge is 0.106 e. The van der Waals surface area contributed by atoms with Crippen LogP contribution < -0.4 is 5.32 Å². The Morgan fingerprint density at radius 1 is 1.46 bits per heavy atom. The van der Waals surface area contributed by atoms with Gasteiger partial charge >= 0.3 is 0 Å². The van der Waals surface area contributed by atoms with Crippen molar-refractivity contribution in [1.29, 1.82) is 0 Å². The zero-order chi connectivity index (χ0) is 9.26. The van der Waals surface area contributed by atoms with E-state index in [4.69, 9.17) is 11.6 Å². The van der Waals surface area contributed by atoms with Gasteiger partial charge in [0, 0.05) is 23.7 Å². The summed E-state index contributed by atoms with van der Waals surface area (Å²) in [7, 11) is 0. The molecule has 0 aliphatic carbocycles. The maximum absolute atomic E-state index is 13.2. The summed E-state index contributed by atoms with van der Waals surface area (Å²) in [6.45, 7) is 0.689. The number of alkyl halides is 1. The van der Waals surface area contributed by atoms with Gasteiger partial charge in [0.1, 0.15) is 6.17 Å².